The van der Waals surface area contributed by atoms with Crippen LogP contribution in [0, 0.1) is 13.8 Å². The number of hydrogen-bond acceptors (Lipinski definition) is 4. The average Bonchev–Trinajstić information content (AvgIpc) is 2.30. The van der Waals surface area contributed by atoms with Gasteiger partial charge in [0.15, 0.2) is 0 Å². The normalized spacial score (nSPS) is 10.4. The van der Waals surface area contributed by atoms with E-state index in [9.17, 15) is 0 Å². The van der Waals surface area contributed by atoms with Crippen molar-refractivity contribution in [3.05, 3.63) is 39.8 Å². The first-order chi connectivity index (χ1) is 8.08. The molecule has 88 valence electrons. The molecule has 0 unspecified atom stereocenters. The van der Waals surface area contributed by atoms with Crippen LogP contribution in [0.4, 0.5) is 0 Å². The number of hydrogen-bond donors (Lipinski definition) is 0. The van der Waals surface area contributed by atoms with E-state index in [2.05, 4.69) is 15.2 Å². The van der Waals surface area contributed by atoms with Gasteiger partial charge in [0.2, 0.25) is 10.4 Å². The Bertz CT molecular complexity index is 560. The third-order valence-corrected chi connectivity index (χ3v) is 2.75. The van der Waals surface area contributed by atoms with Crippen molar-refractivity contribution in [2.45, 2.75) is 13.8 Å². The van der Waals surface area contributed by atoms with E-state index in [-0.39, 0.29) is 16.3 Å². The van der Waals surface area contributed by atoms with Crippen LogP contribution in [0.3, 0.4) is 0 Å². The lowest BCUT2D eigenvalue weighted by Crippen LogP contribution is -1.96. The van der Waals surface area contributed by atoms with Gasteiger partial charge in [-0.15, -0.1) is 10.2 Å². The van der Waals surface area contributed by atoms with Gasteiger partial charge in [0.25, 0.3) is 5.88 Å². The fraction of sp³-hybridized carbons (Fsp3) is 0.182. The zero-order chi connectivity index (χ0) is 12.4. The molecule has 17 heavy (non-hydrogen) atoms. The van der Waals surface area contributed by atoms with Crippen LogP contribution in [0.2, 0.25) is 10.4 Å². The molecule has 1 heterocycles. The van der Waals surface area contributed by atoms with Gasteiger partial charge in [-0.3, -0.25) is 0 Å². The van der Waals surface area contributed by atoms with E-state index < -0.39 is 0 Å². The number of rotatable bonds is 2. The van der Waals surface area contributed by atoms with Crippen molar-refractivity contribution in [1.29, 1.82) is 0 Å². The van der Waals surface area contributed by atoms with Crippen molar-refractivity contribution < 1.29 is 4.74 Å². The number of aromatic nitrogens is 3. The van der Waals surface area contributed by atoms with E-state index in [1.807, 2.05) is 32.0 Å². The predicted molar refractivity (Wildman–Crippen MR) is 65.8 cm³/mol. The molecule has 0 spiro atoms. The molecule has 0 fully saturated rings. The summed E-state index contributed by atoms with van der Waals surface area (Å²) in [6.45, 7) is 3.95. The maximum atomic E-state index is 5.82. The summed E-state index contributed by atoms with van der Waals surface area (Å²) in [5.41, 5.74) is 2.13. The molecule has 1 aromatic heterocycles. The molecule has 6 heteroatoms. The Hall–Kier alpha value is -1.39. The second-order valence-electron chi connectivity index (χ2n) is 3.48. The number of benzene rings is 1. The largest absolute Gasteiger partial charge is 0.436 e. The molecule has 4 nitrogen and oxygen atoms in total. The van der Waals surface area contributed by atoms with E-state index in [1.54, 1.807) is 0 Å². The van der Waals surface area contributed by atoms with Crippen LogP contribution >= 0.6 is 23.2 Å². The maximum Gasteiger partial charge on any atom is 0.262 e. The van der Waals surface area contributed by atoms with Crippen molar-refractivity contribution in [3.63, 3.8) is 0 Å². The van der Waals surface area contributed by atoms with Crippen LogP contribution < -0.4 is 4.74 Å². The third kappa shape index (κ3) is 2.65. The molecular weight excluding hydrogens is 261 g/mol. The summed E-state index contributed by atoms with van der Waals surface area (Å²) in [5, 5.41) is 7.21. The first kappa shape index (κ1) is 12.1. The third-order valence-electron chi connectivity index (χ3n) is 2.35. The monoisotopic (exact) mass is 269 g/mol. The summed E-state index contributed by atoms with van der Waals surface area (Å²) in [6, 6.07) is 5.71. The number of halogens is 2. The highest BCUT2D eigenvalue weighted by Crippen LogP contribution is 2.29. The minimum Gasteiger partial charge on any atom is -0.436 e. The fourth-order valence-corrected chi connectivity index (χ4v) is 1.52. The van der Waals surface area contributed by atoms with Gasteiger partial charge in [-0.25, -0.2) is 0 Å². The Balaban J connectivity index is 2.38. The van der Waals surface area contributed by atoms with Gasteiger partial charge in [-0.05, 0) is 42.6 Å². The van der Waals surface area contributed by atoms with E-state index in [0.29, 0.717) is 5.75 Å². The molecule has 0 amide bonds. The minimum absolute atomic E-state index is 0.00490. The zero-order valence-corrected chi connectivity index (χ0v) is 10.7. The Morgan fingerprint density at radius 1 is 1.12 bits per heavy atom. The first-order valence-electron chi connectivity index (χ1n) is 4.87. The van der Waals surface area contributed by atoms with Crippen LogP contribution in [0.15, 0.2) is 18.2 Å². The SMILES string of the molecule is Cc1cccc(Oc2nc(Cl)nnc2Cl)c1C. The molecule has 0 saturated heterocycles. The van der Waals surface area contributed by atoms with E-state index in [4.69, 9.17) is 27.9 Å². The van der Waals surface area contributed by atoms with Crippen molar-refractivity contribution in [2.75, 3.05) is 0 Å². The molecule has 2 rings (SSSR count). The highest BCUT2D eigenvalue weighted by molar-refractivity contribution is 6.31. The predicted octanol–water partition coefficient (Wildman–Crippen LogP) is 3.59. The summed E-state index contributed by atoms with van der Waals surface area (Å²) >= 11 is 11.4. The van der Waals surface area contributed by atoms with E-state index in [0.717, 1.165) is 11.1 Å². The molecule has 1 aromatic carbocycles. The Kier molecular flexibility index (Phi) is 3.45. The topological polar surface area (TPSA) is 47.9 Å². The van der Waals surface area contributed by atoms with Crippen LogP contribution in [-0.2, 0) is 0 Å². The van der Waals surface area contributed by atoms with Gasteiger partial charge in [-0.1, -0.05) is 23.7 Å². The van der Waals surface area contributed by atoms with Crippen LogP contribution in [0.25, 0.3) is 0 Å². The van der Waals surface area contributed by atoms with Crippen LogP contribution in [0.5, 0.6) is 11.6 Å². The quantitative estimate of drug-likeness (QED) is 0.836. The average molecular weight is 270 g/mol. The van der Waals surface area contributed by atoms with Gasteiger partial charge < -0.3 is 4.74 Å². The Labute approximate surface area is 109 Å². The first-order valence-corrected chi connectivity index (χ1v) is 5.63. The number of aryl methyl sites for hydroxylation is 1. The molecule has 0 N–H and O–H groups in total. The summed E-state index contributed by atoms with van der Waals surface area (Å²) in [7, 11) is 0. The molecule has 0 atom stereocenters. The molecule has 2 aromatic rings. The van der Waals surface area contributed by atoms with Gasteiger partial charge in [0.1, 0.15) is 5.75 Å². The Morgan fingerprint density at radius 3 is 2.65 bits per heavy atom. The van der Waals surface area contributed by atoms with Crippen LogP contribution in [0.1, 0.15) is 11.1 Å². The summed E-state index contributed by atoms with van der Waals surface area (Å²) < 4.78 is 5.57. The van der Waals surface area contributed by atoms with Gasteiger partial charge >= 0.3 is 0 Å². The van der Waals surface area contributed by atoms with Gasteiger partial charge in [0, 0.05) is 0 Å². The van der Waals surface area contributed by atoms with E-state index in [1.165, 1.54) is 0 Å². The van der Waals surface area contributed by atoms with Crippen molar-refractivity contribution >= 4 is 23.2 Å². The molecule has 0 aliphatic carbocycles. The fourth-order valence-electron chi connectivity index (χ4n) is 1.28. The smallest absolute Gasteiger partial charge is 0.262 e. The lowest BCUT2D eigenvalue weighted by molar-refractivity contribution is 0.453. The lowest BCUT2D eigenvalue weighted by atomic mass is 10.1. The zero-order valence-electron chi connectivity index (χ0n) is 9.24. The lowest BCUT2D eigenvalue weighted by Gasteiger charge is -2.09. The molecule has 0 radical (unpaired) electrons. The molecule has 0 saturated carbocycles. The van der Waals surface area contributed by atoms with E-state index >= 15 is 0 Å². The highest BCUT2D eigenvalue weighted by Gasteiger charge is 2.10. The van der Waals surface area contributed by atoms with Crippen molar-refractivity contribution in [3.8, 4) is 11.6 Å². The molecular formula is C11H9Cl2N3O. The maximum absolute atomic E-state index is 5.82. The van der Waals surface area contributed by atoms with Gasteiger partial charge in [-0.2, -0.15) is 4.98 Å². The minimum atomic E-state index is -0.00490. The number of ether oxygens (including phenoxy) is 1. The number of nitrogens with zero attached hydrogens (tertiary/aromatic N) is 3. The summed E-state index contributed by atoms with van der Waals surface area (Å²) in [5.74, 6) is 0.823. The summed E-state index contributed by atoms with van der Waals surface area (Å²) in [6.07, 6.45) is 0. The second kappa shape index (κ2) is 4.85. The Morgan fingerprint density at radius 2 is 1.88 bits per heavy atom. The molecule has 0 bridgehead atoms. The standard InChI is InChI=1S/C11H9Cl2N3O/c1-6-4-3-5-8(7(6)2)17-10-9(12)15-16-11(13)14-10/h3-5H,1-2H3. The van der Waals surface area contributed by atoms with Crippen molar-refractivity contribution in [1.82, 2.24) is 15.2 Å². The summed E-state index contributed by atoms with van der Waals surface area (Å²) in [4.78, 5) is 3.88. The van der Waals surface area contributed by atoms with Gasteiger partial charge in [0.05, 0.1) is 0 Å². The second-order valence-corrected chi connectivity index (χ2v) is 4.17. The highest BCUT2D eigenvalue weighted by atomic mass is 35.5. The molecule has 0 aliphatic heterocycles. The molecule has 0 aliphatic rings. The van der Waals surface area contributed by atoms with Crippen molar-refractivity contribution in [2.24, 2.45) is 0 Å². The van der Waals surface area contributed by atoms with Crippen LogP contribution in [-0.4, -0.2) is 15.2 Å².